The molecule has 344 valence electrons. The van der Waals surface area contributed by atoms with Crippen molar-refractivity contribution in [2.24, 2.45) is 29.4 Å². The number of allylic oxidation sites excluding steroid dienone is 2. The molecule has 0 spiro atoms. The van der Waals surface area contributed by atoms with Gasteiger partial charge in [0.15, 0.2) is 17.2 Å². The predicted molar refractivity (Wildman–Crippen MR) is 222 cm³/mol. The Morgan fingerprint density at radius 2 is 1.84 bits per heavy atom. The van der Waals surface area contributed by atoms with Crippen molar-refractivity contribution in [3.63, 3.8) is 0 Å². The van der Waals surface area contributed by atoms with Crippen molar-refractivity contribution in [2.45, 2.75) is 134 Å². The summed E-state index contributed by atoms with van der Waals surface area (Å²) in [6.45, 7) is 7.07. The molecule has 5 rings (SSSR count). The second-order valence-corrected chi connectivity index (χ2v) is 19.7. The van der Waals surface area contributed by atoms with Crippen molar-refractivity contribution in [3.8, 4) is 11.6 Å². The molecule has 1 unspecified atom stereocenters. The van der Waals surface area contributed by atoms with Gasteiger partial charge in [0, 0.05) is 30.8 Å². The van der Waals surface area contributed by atoms with Crippen LogP contribution in [0.15, 0.2) is 36.5 Å². The van der Waals surface area contributed by atoms with Gasteiger partial charge < -0.3 is 30.2 Å². The van der Waals surface area contributed by atoms with E-state index < -0.39 is 92.6 Å². The van der Waals surface area contributed by atoms with Gasteiger partial charge in [-0.1, -0.05) is 32.4 Å². The molecule has 2 saturated carbocycles. The third-order valence-electron chi connectivity index (χ3n) is 12.5. The number of aromatic nitrogens is 1. The second kappa shape index (κ2) is 19.4. The van der Waals surface area contributed by atoms with Crippen LogP contribution in [0, 0.1) is 29.5 Å². The van der Waals surface area contributed by atoms with Gasteiger partial charge in [-0.2, -0.15) is 0 Å². The topological polar surface area (TPSA) is 196 Å². The summed E-state index contributed by atoms with van der Waals surface area (Å²) in [5.41, 5.74) is 3.54. The number of likely N-dealkylation sites (tertiary alicyclic amines) is 1. The van der Waals surface area contributed by atoms with E-state index in [0.29, 0.717) is 49.8 Å². The first kappa shape index (κ1) is 48.4. The fraction of sp³-hybridized carbons (Fsp3) is 0.651. The number of ether oxygens (including phenoxy) is 3. The van der Waals surface area contributed by atoms with Crippen molar-refractivity contribution < 1.29 is 59.4 Å². The van der Waals surface area contributed by atoms with Gasteiger partial charge in [0.25, 0.3) is 5.92 Å². The number of carbonyl (C=O) groups is 4. The van der Waals surface area contributed by atoms with E-state index in [1.807, 2.05) is 19.1 Å². The molecule has 2 aliphatic carbocycles. The summed E-state index contributed by atoms with van der Waals surface area (Å²) in [4.78, 5) is 58.9. The number of sulfonamides is 1. The Hall–Kier alpha value is -4.68. The Kier molecular flexibility index (Phi) is 15.1. The highest BCUT2D eigenvalue weighted by Gasteiger charge is 2.56. The lowest BCUT2D eigenvalue weighted by Crippen LogP contribution is -2.56. The van der Waals surface area contributed by atoms with Gasteiger partial charge in [-0.15, -0.1) is 0 Å². The Bertz CT molecular complexity index is 2110. The zero-order chi connectivity index (χ0) is 45.8. The number of alkyl halides is 3. The number of nitrogens with one attached hydrogen (secondary N) is 2. The number of carbonyl (C=O) groups excluding carboxylic acids is 4. The first-order valence-corrected chi connectivity index (χ1v) is 22.6. The maximum Gasteiger partial charge on any atom is 0.408 e. The average molecular weight is 898 g/mol. The van der Waals surface area contributed by atoms with E-state index in [4.69, 9.17) is 19.9 Å². The summed E-state index contributed by atoms with van der Waals surface area (Å²) >= 11 is 0. The number of nitrogens with two attached hydrogens (primary N) is 1. The number of benzene rings is 1. The number of hydrogen-bond acceptors (Lipinski definition) is 10. The molecule has 4 amide bonds. The third kappa shape index (κ3) is 11.1. The van der Waals surface area contributed by atoms with Crippen LogP contribution in [0.2, 0.25) is 0 Å². The summed E-state index contributed by atoms with van der Waals surface area (Å²) in [5, 5.41) is 3.38. The van der Waals surface area contributed by atoms with Gasteiger partial charge in [-0.3, -0.25) is 19.1 Å². The molecular formula is C43H59F4N5O9S. The van der Waals surface area contributed by atoms with Crippen molar-refractivity contribution in [3.05, 3.63) is 42.4 Å². The Balaban J connectivity index is 1.27. The molecule has 3 fully saturated rings. The van der Waals surface area contributed by atoms with Gasteiger partial charge in [-0.25, -0.2) is 35.8 Å². The number of hydrogen-bond donors (Lipinski definition) is 3. The van der Waals surface area contributed by atoms with E-state index in [1.54, 1.807) is 19.9 Å². The molecule has 7 atom stereocenters. The lowest BCUT2D eigenvalue weighted by atomic mass is 9.87. The van der Waals surface area contributed by atoms with Crippen LogP contribution in [0.1, 0.15) is 99.3 Å². The minimum Gasteiger partial charge on any atom is -0.491 e. The summed E-state index contributed by atoms with van der Waals surface area (Å²) < 4.78 is 99.6. The predicted octanol–water partition coefficient (Wildman–Crippen LogP) is 6.50. The number of primary amides is 1. The monoisotopic (exact) mass is 897 g/mol. The van der Waals surface area contributed by atoms with Crippen molar-refractivity contribution in [1.29, 1.82) is 0 Å². The van der Waals surface area contributed by atoms with E-state index >= 15 is 0 Å². The summed E-state index contributed by atoms with van der Waals surface area (Å²) in [5.74, 6) is -7.64. The Morgan fingerprint density at radius 3 is 2.47 bits per heavy atom. The molecular weight excluding hydrogens is 839 g/mol. The first-order valence-electron chi connectivity index (χ1n) is 21.2. The van der Waals surface area contributed by atoms with Crippen molar-refractivity contribution in [2.75, 3.05) is 19.8 Å². The van der Waals surface area contributed by atoms with Crippen LogP contribution in [0.5, 0.6) is 11.6 Å². The zero-order valence-corrected chi connectivity index (χ0v) is 36.9. The summed E-state index contributed by atoms with van der Waals surface area (Å²) in [7, 11) is -4.12. The SMILES string of the molecule is CCOc1cc2ccnc(O[C@@H]3C[C@@H](C(N)=O)N(C(=O)[C@@H](NC(=O)OC(C)(C)C(C)(F)F)[C@H](C)C[C@H](C)CC/C=C\[C@@H]4CCCC4C(=O)NS(=O)(=O)C4(CF)CC4)C3)c2cc1F. The normalized spacial score (nSPS) is 22.8. The number of alkyl carbamates (subject to hydrolysis) is 1. The quantitative estimate of drug-likeness (QED) is 0.0976. The molecule has 19 heteroatoms. The zero-order valence-electron chi connectivity index (χ0n) is 36.1. The highest BCUT2D eigenvalue weighted by molar-refractivity contribution is 7.91. The van der Waals surface area contributed by atoms with Crippen LogP contribution in [0.3, 0.4) is 0 Å². The number of rotatable bonds is 20. The van der Waals surface area contributed by atoms with Crippen molar-refractivity contribution >= 4 is 44.6 Å². The van der Waals surface area contributed by atoms with Crippen LogP contribution in [-0.4, -0.2) is 96.4 Å². The lowest BCUT2D eigenvalue weighted by molar-refractivity contribution is -0.151. The molecule has 4 N–H and O–H groups in total. The fourth-order valence-corrected chi connectivity index (χ4v) is 9.60. The summed E-state index contributed by atoms with van der Waals surface area (Å²) in [6.07, 6.45) is 6.89. The second-order valence-electron chi connectivity index (χ2n) is 17.7. The average Bonchev–Trinajstić information content (AvgIpc) is 3.67. The van der Waals surface area contributed by atoms with Crippen molar-refractivity contribution in [1.82, 2.24) is 19.9 Å². The Labute approximate surface area is 360 Å². The van der Waals surface area contributed by atoms with E-state index in [2.05, 4.69) is 15.0 Å². The number of halogens is 4. The van der Waals surface area contributed by atoms with E-state index in [-0.39, 0.29) is 55.9 Å². The molecule has 1 saturated heterocycles. The number of amides is 4. The van der Waals surface area contributed by atoms with Crippen LogP contribution in [0.4, 0.5) is 22.4 Å². The molecule has 62 heavy (non-hydrogen) atoms. The molecule has 1 aromatic carbocycles. The first-order chi connectivity index (χ1) is 29.0. The maximum atomic E-state index is 14.9. The van der Waals surface area contributed by atoms with Gasteiger partial charge in [-0.05, 0) is 107 Å². The van der Waals surface area contributed by atoms with Gasteiger partial charge in [0.1, 0.15) is 29.6 Å². The number of pyridine rings is 1. The number of fused-ring (bicyclic) bond motifs is 1. The standard InChI is InChI=1S/C43H59F4N5O9S/c1-7-59-34-20-28-15-18-49-38(31(28)22-32(34)45)60-29-21-33(36(48)53)52(23-29)39(55)35(50-40(56)61-41(4,5)42(6,46)47)26(3)19-25(2)11-8-9-12-27-13-10-14-30(27)37(54)51-62(57,58)43(24-44)16-17-43/h9,12,15,18,20,22,25-27,29-30,33,35H,7-8,10-11,13-14,16-17,19,21,23-24H2,1-6H3,(H2,48,53)(H,50,56)(H,51,54)/b12-9-/t25-,26-,27-,29-,30?,33+,35+/m1/s1. The molecule has 3 aliphatic rings. The van der Waals surface area contributed by atoms with Crippen LogP contribution in [-0.2, 0) is 29.1 Å². The van der Waals surface area contributed by atoms with Crippen LogP contribution in [0.25, 0.3) is 10.8 Å². The molecule has 2 heterocycles. The molecule has 0 radical (unpaired) electrons. The minimum absolute atomic E-state index is 0.0453. The van der Waals surface area contributed by atoms with Gasteiger partial charge in [0.05, 0.1) is 13.2 Å². The molecule has 1 aromatic heterocycles. The third-order valence-corrected chi connectivity index (χ3v) is 14.6. The van der Waals surface area contributed by atoms with Gasteiger partial charge >= 0.3 is 6.09 Å². The maximum absolute atomic E-state index is 14.9. The highest BCUT2D eigenvalue weighted by Crippen LogP contribution is 2.44. The largest absolute Gasteiger partial charge is 0.491 e. The molecule has 0 bridgehead atoms. The fourth-order valence-electron chi connectivity index (χ4n) is 8.18. The Morgan fingerprint density at radius 1 is 1.13 bits per heavy atom. The van der Waals surface area contributed by atoms with Gasteiger partial charge in [0.2, 0.25) is 33.6 Å². The molecule has 2 aromatic rings. The minimum atomic E-state index is -4.12. The molecule has 14 nitrogen and oxygen atoms in total. The van der Waals surface area contributed by atoms with E-state index in [1.165, 1.54) is 23.2 Å². The van der Waals surface area contributed by atoms with Crippen LogP contribution >= 0.6 is 0 Å². The van der Waals surface area contributed by atoms with Crippen LogP contribution < -0.4 is 25.2 Å². The highest BCUT2D eigenvalue weighted by atomic mass is 32.2. The smallest absolute Gasteiger partial charge is 0.408 e. The number of nitrogens with zero attached hydrogens (tertiary/aromatic N) is 2. The lowest BCUT2D eigenvalue weighted by Gasteiger charge is -2.34. The van der Waals surface area contributed by atoms with E-state index in [9.17, 15) is 45.2 Å². The summed E-state index contributed by atoms with van der Waals surface area (Å²) in [6, 6.07) is 1.83. The van der Waals surface area contributed by atoms with E-state index in [0.717, 1.165) is 20.3 Å². The molecule has 1 aliphatic heterocycles.